The van der Waals surface area contributed by atoms with Crippen LogP contribution in [0.25, 0.3) is 22.3 Å². The van der Waals surface area contributed by atoms with Crippen LogP contribution in [0, 0.1) is 0 Å². The lowest BCUT2D eigenvalue weighted by molar-refractivity contribution is -0.0511. The molecule has 1 fully saturated rings. The summed E-state index contributed by atoms with van der Waals surface area (Å²) in [4.78, 5) is 12.8. The second-order valence-electron chi connectivity index (χ2n) is 7.44. The molecule has 2 aromatic carbocycles. The topological polar surface area (TPSA) is 149 Å². The maximum atomic E-state index is 10.4. The van der Waals surface area contributed by atoms with Crippen LogP contribution in [0.1, 0.15) is 6.23 Å². The monoisotopic (exact) mass is 435 g/mol. The van der Waals surface area contributed by atoms with Crippen LogP contribution < -0.4 is 10.5 Å². The highest BCUT2D eigenvalue weighted by atomic mass is 16.6. The van der Waals surface area contributed by atoms with Gasteiger partial charge in [-0.1, -0.05) is 42.5 Å². The van der Waals surface area contributed by atoms with Crippen molar-refractivity contribution in [3.05, 3.63) is 60.9 Å². The quantitative estimate of drug-likeness (QED) is 0.366. The van der Waals surface area contributed by atoms with E-state index >= 15 is 0 Å². The molecule has 0 radical (unpaired) electrons. The van der Waals surface area contributed by atoms with Crippen molar-refractivity contribution in [1.82, 2.24) is 19.5 Å². The van der Waals surface area contributed by atoms with E-state index < -0.39 is 31.1 Å². The van der Waals surface area contributed by atoms with Crippen LogP contribution in [0.2, 0.25) is 0 Å². The highest BCUT2D eigenvalue weighted by molar-refractivity contribution is 5.82. The number of aliphatic hydroxyl groups excluding tert-OH is 3. The van der Waals surface area contributed by atoms with Crippen LogP contribution >= 0.6 is 0 Å². The van der Waals surface area contributed by atoms with Crippen LogP contribution in [0.15, 0.2) is 60.9 Å². The lowest BCUT2D eigenvalue weighted by Crippen LogP contribution is -2.33. The predicted molar refractivity (Wildman–Crippen MR) is 115 cm³/mol. The third-order valence-corrected chi connectivity index (χ3v) is 5.37. The van der Waals surface area contributed by atoms with Crippen molar-refractivity contribution in [1.29, 1.82) is 0 Å². The van der Waals surface area contributed by atoms with Gasteiger partial charge in [-0.2, -0.15) is 9.97 Å². The Morgan fingerprint density at radius 1 is 1.00 bits per heavy atom. The van der Waals surface area contributed by atoms with Crippen molar-refractivity contribution >= 4 is 17.0 Å². The van der Waals surface area contributed by atoms with Crippen LogP contribution in [0.4, 0.5) is 5.82 Å². The number of hydrogen-bond donors (Lipinski definition) is 4. The minimum Gasteiger partial charge on any atom is -0.424 e. The first-order valence-electron chi connectivity index (χ1n) is 10.0. The molecule has 1 aliphatic heterocycles. The van der Waals surface area contributed by atoms with Gasteiger partial charge < -0.3 is 30.5 Å². The molecule has 0 amide bonds. The van der Waals surface area contributed by atoms with Crippen LogP contribution in [-0.2, 0) is 4.74 Å². The lowest BCUT2D eigenvalue weighted by atomic mass is 10.1. The van der Waals surface area contributed by atoms with Gasteiger partial charge in [-0.25, -0.2) is 4.98 Å². The average Bonchev–Trinajstić information content (AvgIpc) is 3.36. The highest BCUT2D eigenvalue weighted by Gasteiger charge is 2.44. The Kier molecular flexibility index (Phi) is 5.19. The van der Waals surface area contributed by atoms with Gasteiger partial charge in [0.1, 0.15) is 24.1 Å². The minimum atomic E-state index is -1.28. The molecular weight excluding hydrogens is 414 g/mol. The van der Waals surface area contributed by atoms with E-state index in [1.54, 1.807) is 6.07 Å². The second-order valence-corrected chi connectivity index (χ2v) is 7.44. The van der Waals surface area contributed by atoms with Crippen molar-refractivity contribution in [3.8, 4) is 22.9 Å². The van der Waals surface area contributed by atoms with Crippen molar-refractivity contribution in [2.24, 2.45) is 0 Å². The van der Waals surface area contributed by atoms with Crippen LogP contribution in [0.5, 0.6) is 11.8 Å². The van der Waals surface area contributed by atoms with Crippen molar-refractivity contribution < 1.29 is 24.8 Å². The number of fused-ring (bicyclic) bond motifs is 1. The maximum absolute atomic E-state index is 10.4. The van der Waals surface area contributed by atoms with Gasteiger partial charge in [0.05, 0.1) is 12.9 Å². The fourth-order valence-electron chi connectivity index (χ4n) is 3.73. The van der Waals surface area contributed by atoms with Gasteiger partial charge in [0.2, 0.25) is 0 Å². The molecule has 0 spiro atoms. The maximum Gasteiger partial charge on any atom is 0.326 e. The molecular formula is C22H21N5O5. The number of nitrogen functional groups attached to an aromatic ring is 1. The summed E-state index contributed by atoms with van der Waals surface area (Å²) in [7, 11) is 0. The fourth-order valence-corrected chi connectivity index (χ4v) is 3.73. The Morgan fingerprint density at radius 3 is 2.53 bits per heavy atom. The van der Waals surface area contributed by atoms with Crippen LogP contribution in [0.3, 0.4) is 0 Å². The number of benzene rings is 2. The largest absolute Gasteiger partial charge is 0.424 e. The van der Waals surface area contributed by atoms with Gasteiger partial charge in [0, 0.05) is 0 Å². The Hall–Kier alpha value is -3.57. The molecule has 4 atom stereocenters. The first-order valence-corrected chi connectivity index (χ1v) is 10.0. The van der Waals surface area contributed by atoms with E-state index in [-0.39, 0.29) is 17.5 Å². The molecule has 5 N–H and O–H groups in total. The molecule has 1 saturated heterocycles. The molecule has 0 aliphatic carbocycles. The van der Waals surface area contributed by atoms with Crippen LogP contribution in [-0.4, -0.2) is 59.8 Å². The van der Waals surface area contributed by atoms with Gasteiger partial charge in [-0.3, -0.25) is 4.57 Å². The molecule has 0 unspecified atom stereocenters. The molecule has 1 aliphatic rings. The van der Waals surface area contributed by atoms with E-state index in [9.17, 15) is 15.3 Å². The summed E-state index contributed by atoms with van der Waals surface area (Å²) in [6, 6.07) is 17.3. The Balaban J connectivity index is 1.48. The highest BCUT2D eigenvalue weighted by Crippen LogP contribution is 2.33. The van der Waals surface area contributed by atoms with Gasteiger partial charge in [-0.15, -0.1) is 0 Å². The number of aromatic nitrogens is 4. The minimum absolute atomic E-state index is 0.00583. The molecule has 0 bridgehead atoms. The predicted octanol–water partition coefficient (Wildman–Crippen LogP) is 1.48. The molecule has 0 saturated carbocycles. The Bertz CT molecular complexity index is 1250. The number of rotatable bonds is 5. The molecule has 2 aromatic heterocycles. The zero-order valence-corrected chi connectivity index (χ0v) is 16.8. The number of nitrogens with two attached hydrogens (primary N) is 1. The zero-order valence-electron chi connectivity index (χ0n) is 16.8. The third kappa shape index (κ3) is 3.55. The summed E-state index contributed by atoms with van der Waals surface area (Å²) >= 11 is 0. The number of hydrogen-bond acceptors (Lipinski definition) is 9. The van der Waals surface area contributed by atoms with E-state index in [4.69, 9.17) is 15.2 Å². The smallest absolute Gasteiger partial charge is 0.326 e. The SMILES string of the molecule is Nc1nc(Oc2cccc(-c3ccccc3)c2)nc2c1ncn2[C@@H]1O[C@H](CO)[C@@H](O)[C@H]1O. The number of anilines is 1. The first-order chi connectivity index (χ1) is 15.5. The second kappa shape index (κ2) is 8.17. The summed E-state index contributed by atoms with van der Waals surface area (Å²) in [5.74, 6) is 0.610. The van der Waals surface area contributed by atoms with Crippen molar-refractivity contribution in [2.45, 2.75) is 24.5 Å². The molecule has 3 heterocycles. The first kappa shape index (κ1) is 20.3. The van der Waals surface area contributed by atoms with E-state index in [1.165, 1.54) is 10.9 Å². The van der Waals surface area contributed by atoms with Gasteiger partial charge in [-0.05, 0) is 23.3 Å². The summed E-state index contributed by atoms with van der Waals surface area (Å²) in [5, 5.41) is 29.8. The van der Waals surface area contributed by atoms with Gasteiger partial charge in [0.15, 0.2) is 23.2 Å². The number of nitrogens with zero attached hydrogens (tertiary/aromatic N) is 4. The van der Waals surface area contributed by atoms with Crippen molar-refractivity contribution in [3.63, 3.8) is 0 Å². The third-order valence-electron chi connectivity index (χ3n) is 5.37. The molecule has 5 rings (SSSR count). The van der Waals surface area contributed by atoms with Gasteiger partial charge >= 0.3 is 6.01 Å². The molecule has 164 valence electrons. The fraction of sp³-hybridized carbons (Fsp3) is 0.227. The van der Waals surface area contributed by atoms with Gasteiger partial charge in [0.25, 0.3) is 0 Å². The summed E-state index contributed by atoms with van der Waals surface area (Å²) in [6.45, 7) is -0.440. The Morgan fingerprint density at radius 2 is 1.78 bits per heavy atom. The molecule has 10 heteroatoms. The standard InChI is InChI=1S/C22H21N5O5/c23-19-16-20(27(11-24-16)21-18(30)17(29)15(10-28)32-21)26-22(25-19)31-14-8-4-7-13(9-14)12-5-2-1-3-6-12/h1-9,11,15,17-18,21,28-30H,10H2,(H2,23,25,26)/t15-,17-,18-,21-/m1/s1. The Labute approximate surface area is 182 Å². The number of ether oxygens (including phenoxy) is 2. The number of imidazole rings is 1. The van der Waals surface area contributed by atoms with Crippen molar-refractivity contribution in [2.75, 3.05) is 12.3 Å². The van der Waals surface area contributed by atoms with E-state index in [1.807, 2.05) is 48.5 Å². The summed E-state index contributed by atoms with van der Waals surface area (Å²) in [6.07, 6.45) is -3.08. The van der Waals surface area contributed by atoms with E-state index in [0.29, 0.717) is 11.3 Å². The van der Waals surface area contributed by atoms with E-state index in [0.717, 1.165) is 11.1 Å². The summed E-state index contributed by atoms with van der Waals surface area (Å²) < 4.78 is 12.9. The zero-order chi connectivity index (χ0) is 22.2. The molecule has 10 nitrogen and oxygen atoms in total. The average molecular weight is 435 g/mol. The van der Waals surface area contributed by atoms with E-state index in [2.05, 4.69) is 15.0 Å². The molecule has 32 heavy (non-hydrogen) atoms. The normalized spacial score (nSPS) is 23.0. The molecule has 4 aromatic rings. The number of aliphatic hydroxyl groups is 3. The lowest BCUT2D eigenvalue weighted by Gasteiger charge is -2.16. The summed E-state index contributed by atoms with van der Waals surface area (Å²) in [5.41, 5.74) is 8.63.